The van der Waals surface area contributed by atoms with E-state index in [2.05, 4.69) is 16.0 Å². The lowest BCUT2D eigenvalue weighted by molar-refractivity contribution is 0.623. The third kappa shape index (κ3) is 3.08. The normalized spacial score (nSPS) is 10.8. The molecule has 4 heteroatoms. The van der Waals surface area contributed by atoms with Gasteiger partial charge in [-0.05, 0) is 29.8 Å². The van der Waals surface area contributed by atoms with Gasteiger partial charge in [-0.2, -0.15) is 0 Å². The van der Waals surface area contributed by atoms with Crippen molar-refractivity contribution < 1.29 is 4.39 Å². The third-order valence-corrected chi connectivity index (χ3v) is 2.96. The lowest BCUT2D eigenvalue weighted by atomic mass is 10.2. The van der Waals surface area contributed by atoms with Crippen LogP contribution < -0.4 is 5.32 Å². The zero-order valence-electron chi connectivity index (χ0n) is 9.58. The average molecular weight is 253 g/mol. The maximum atomic E-state index is 12.9. The van der Waals surface area contributed by atoms with Crippen molar-refractivity contribution in [1.29, 1.82) is 0 Å². The van der Waals surface area contributed by atoms with Gasteiger partial charge in [0.05, 0.1) is 5.02 Å². The van der Waals surface area contributed by atoms with E-state index in [1.165, 1.54) is 11.8 Å². The summed E-state index contributed by atoms with van der Waals surface area (Å²) in [7, 11) is 2.01. The number of halogens is 2. The van der Waals surface area contributed by atoms with E-state index in [0.29, 0.717) is 6.54 Å². The van der Waals surface area contributed by atoms with Gasteiger partial charge < -0.3 is 9.88 Å². The molecule has 0 spiro atoms. The van der Waals surface area contributed by atoms with E-state index in [1.54, 1.807) is 12.1 Å². The fourth-order valence-electron chi connectivity index (χ4n) is 1.66. The molecular weight excluding hydrogens is 239 g/mol. The van der Waals surface area contributed by atoms with Gasteiger partial charge in [-0.1, -0.05) is 17.7 Å². The number of nitrogens with one attached hydrogen (secondary N) is 1. The molecule has 2 nitrogen and oxygen atoms in total. The SMILES string of the molecule is Cn1cccc1CNCc1ccc(F)c(Cl)c1. The van der Waals surface area contributed by atoms with Crippen molar-refractivity contribution in [3.05, 3.63) is 58.6 Å². The van der Waals surface area contributed by atoms with Gasteiger partial charge in [0.1, 0.15) is 5.82 Å². The molecule has 0 saturated carbocycles. The number of hydrogen-bond acceptors (Lipinski definition) is 1. The molecule has 0 amide bonds. The summed E-state index contributed by atoms with van der Waals surface area (Å²) < 4.78 is 15.0. The molecule has 0 atom stereocenters. The van der Waals surface area contributed by atoms with Gasteiger partial charge in [0, 0.05) is 32.0 Å². The van der Waals surface area contributed by atoms with Gasteiger partial charge in [0.2, 0.25) is 0 Å². The molecule has 0 aliphatic carbocycles. The van der Waals surface area contributed by atoms with Crippen molar-refractivity contribution in [2.75, 3.05) is 0 Å². The number of aryl methyl sites for hydroxylation is 1. The summed E-state index contributed by atoms with van der Waals surface area (Å²) in [5, 5.41) is 3.46. The van der Waals surface area contributed by atoms with Gasteiger partial charge in [-0.25, -0.2) is 4.39 Å². The lowest BCUT2D eigenvalue weighted by Gasteiger charge is -2.06. The minimum absolute atomic E-state index is 0.170. The lowest BCUT2D eigenvalue weighted by Crippen LogP contribution is -2.14. The monoisotopic (exact) mass is 252 g/mol. The maximum absolute atomic E-state index is 12.9. The van der Waals surface area contributed by atoms with Crippen LogP contribution in [0.15, 0.2) is 36.5 Å². The van der Waals surface area contributed by atoms with Crippen molar-refractivity contribution in [1.82, 2.24) is 9.88 Å². The second-order valence-electron chi connectivity index (χ2n) is 3.96. The van der Waals surface area contributed by atoms with Crippen LogP contribution >= 0.6 is 11.6 Å². The Bertz CT molecular complexity index is 508. The van der Waals surface area contributed by atoms with Crippen molar-refractivity contribution in [2.45, 2.75) is 13.1 Å². The fourth-order valence-corrected chi connectivity index (χ4v) is 1.87. The first-order valence-corrected chi connectivity index (χ1v) is 5.79. The maximum Gasteiger partial charge on any atom is 0.141 e. The van der Waals surface area contributed by atoms with Crippen LogP contribution in [0.25, 0.3) is 0 Å². The molecule has 0 aliphatic rings. The van der Waals surface area contributed by atoms with E-state index in [9.17, 15) is 4.39 Å². The van der Waals surface area contributed by atoms with E-state index in [4.69, 9.17) is 11.6 Å². The molecule has 1 aromatic carbocycles. The minimum Gasteiger partial charge on any atom is -0.353 e. The number of rotatable bonds is 4. The molecule has 90 valence electrons. The van der Waals surface area contributed by atoms with E-state index in [-0.39, 0.29) is 10.8 Å². The smallest absolute Gasteiger partial charge is 0.141 e. The van der Waals surface area contributed by atoms with Crippen molar-refractivity contribution >= 4 is 11.6 Å². The van der Waals surface area contributed by atoms with Gasteiger partial charge in [-0.3, -0.25) is 0 Å². The molecule has 2 aromatic rings. The van der Waals surface area contributed by atoms with Crippen LogP contribution in [0.3, 0.4) is 0 Å². The standard InChI is InChI=1S/C13H14ClFN2/c1-17-6-2-3-11(17)9-16-8-10-4-5-13(15)12(14)7-10/h2-7,16H,8-9H2,1H3. The molecule has 0 unspecified atom stereocenters. The molecule has 0 fully saturated rings. The molecule has 1 aromatic heterocycles. The predicted molar refractivity (Wildman–Crippen MR) is 67.4 cm³/mol. The molecule has 0 bridgehead atoms. The Kier molecular flexibility index (Phi) is 3.82. The molecule has 0 aliphatic heterocycles. The summed E-state index contributed by atoms with van der Waals surface area (Å²) in [5.41, 5.74) is 2.18. The molecule has 1 N–H and O–H groups in total. The second-order valence-corrected chi connectivity index (χ2v) is 4.37. The predicted octanol–water partition coefficient (Wildman–Crippen LogP) is 3.11. The molecule has 0 saturated heterocycles. The van der Waals surface area contributed by atoms with Crippen molar-refractivity contribution in [3.8, 4) is 0 Å². The van der Waals surface area contributed by atoms with Crippen LogP contribution in [0.4, 0.5) is 4.39 Å². The Morgan fingerprint density at radius 1 is 1.29 bits per heavy atom. The van der Waals surface area contributed by atoms with Crippen LogP contribution in [0, 0.1) is 5.82 Å². The highest BCUT2D eigenvalue weighted by molar-refractivity contribution is 6.30. The molecule has 1 heterocycles. The Labute approximate surface area is 105 Å². The van der Waals surface area contributed by atoms with Crippen molar-refractivity contribution in [2.24, 2.45) is 7.05 Å². The van der Waals surface area contributed by atoms with E-state index in [1.807, 2.05) is 19.3 Å². The van der Waals surface area contributed by atoms with E-state index in [0.717, 1.165) is 12.1 Å². The van der Waals surface area contributed by atoms with E-state index < -0.39 is 0 Å². The fraction of sp³-hybridized carbons (Fsp3) is 0.231. The van der Waals surface area contributed by atoms with Gasteiger partial charge in [0.15, 0.2) is 0 Å². The summed E-state index contributed by atoms with van der Waals surface area (Å²) in [6, 6.07) is 8.84. The molecular formula is C13H14ClFN2. The summed E-state index contributed by atoms with van der Waals surface area (Å²) in [5.74, 6) is -0.377. The summed E-state index contributed by atoms with van der Waals surface area (Å²) in [6.07, 6.45) is 2.01. The molecule has 2 rings (SSSR count). The first kappa shape index (κ1) is 12.1. The van der Waals surface area contributed by atoms with Crippen LogP contribution in [0.2, 0.25) is 5.02 Å². The van der Waals surface area contributed by atoms with E-state index >= 15 is 0 Å². The summed E-state index contributed by atoms with van der Waals surface area (Å²) >= 11 is 5.71. The average Bonchev–Trinajstić information content (AvgIpc) is 2.70. The first-order valence-electron chi connectivity index (χ1n) is 5.41. The highest BCUT2D eigenvalue weighted by Crippen LogP contribution is 2.15. The van der Waals surface area contributed by atoms with Gasteiger partial charge >= 0.3 is 0 Å². The summed E-state index contributed by atoms with van der Waals surface area (Å²) in [4.78, 5) is 0. The first-order chi connectivity index (χ1) is 8.16. The van der Waals surface area contributed by atoms with Gasteiger partial charge in [-0.15, -0.1) is 0 Å². The Morgan fingerprint density at radius 3 is 2.76 bits per heavy atom. The minimum atomic E-state index is -0.377. The zero-order valence-corrected chi connectivity index (χ0v) is 10.3. The Balaban J connectivity index is 1.90. The Hall–Kier alpha value is -1.32. The Morgan fingerprint density at radius 2 is 2.12 bits per heavy atom. The molecule has 0 radical (unpaired) electrons. The third-order valence-electron chi connectivity index (χ3n) is 2.67. The quantitative estimate of drug-likeness (QED) is 0.885. The zero-order chi connectivity index (χ0) is 12.3. The van der Waals surface area contributed by atoms with Crippen LogP contribution in [-0.4, -0.2) is 4.57 Å². The topological polar surface area (TPSA) is 17.0 Å². The highest BCUT2D eigenvalue weighted by atomic mass is 35.5. The number of aromatic nitrogens is 1. The molecule has 17 heavy (non-hydrogen) atoms. The van der Waals surface area contributed by atoms with Crippen LogP contribution in [-0.2, 0) is 20.1 Å². The van der Waals surface area contributed by atoms with Crippen LogP contribution in [0.1, 0.15) is 11.3 Å². The van der Waals surface area contributed by atoms with Crippen molar-refractivity contribution in [3.63, 3.8) is 0 Å². The second kappa shape index (κ2) is 5.34. The van der Waals surface area contributed by atoms with Gasteiger partial charge in [0.25, 0.3) is 0 Å². The largest absolute Gasteiger partial charge is 0.353 e. The summed E-state index contributed by atoms with van der Waals surface area (Å²) in [6.45, 7) is 1.45. The number of nitrogens with zero attached hydrogens (tertiary/aromatic N) is 1. The number of benzene rings is 1. The number of hydrogen-bond donors (Lipinski definition) is 1. The highest BCUT2D eigenvalue weighted by Gasteiger charge is 2.01. The van der Waals surface area contributed by atoms with Crippen LogP contribution in [0.5, 0.6) is 0 Å².